The van der Waals surface area contributed by atoms with Gasteiger partial charge in [-0.1, -0.05) is 32.0 Å². The first kappa shape index (κ1) is 15.8. The molecule has 3 heteroatoms. The van der Waals surface area contributed by atoms with Crippen LogP contribution < -0.4 is 10.5 Å². The van der Waals surface area contributed by atoms with Gasteiger partial charge in [0.25, 0.3) is 0 Å². The van der Waals surface area contributed by atoms with Crippen molar-refractivity contribution in [1.29, 1.82) is 0 Å². The smallest absolute Gasteiger partial charge is 0.119 e. The first-order chi connectivity index (χ1) is 8.60. The van der Waals surface area contributed by atoms with Crippen LogP contribution in [0, 0.1) is 5.92 Å². The third-order valence-corrected chi connectivity index (χ3v) is 3.22. The molecule has 19 heavy (non-hydrogen) atoms. The standard InChI is InChI=1S/C16H21NO.ClH/c1-11(2)8-16(17)14-5-4-13-10-15(18-3)7-6-12(13)9-14;/h4-7,9-11,16H,8,17H2,1-3H3;1H/t16-;/m0./s1. The van der Waals surface area contributed by atoms with Crippen molar-refractivity contribution in [1.82, 2.24) is 0 Å². The Hall–Kier alpha value is -1.25. The molecule has 0 aliphatic heterocycles. The summed E-state index contributed by atoms with van der Waals surface area (Å²) in [5.74, 6) is 1.51. The summed E-state index contributed by atoms with van der Waals surface area (Å²) < 4.78 is 5.23. The molecule has 0 aliphatic rings. The van der Waals surface area contributed by atoms with E-state index in [1.807, 2.05) is 12.1 Å². The van der Waals surface area contributed by atoms with Gasteiger partial charge in [0.05, 0.1) is 7.11 Å². The summed E-state index contributed by atoms with van der Waals surface area (Å²) in [4.78, 5) is 0. The maximum absolute atomic E-state index is 6.22. The lowest BCUT2D eigenvalue weighted by atomic mass is 9.96. The molecule has 2 aromatic rings. The molecule has 0 heterocycles. The number of halogens is 1. The second kappa shape index (κ2) is 6.78. The molecule has 0 saturated heterocycles. The zero-order chi connectivity index (χ0) is 13.1. The Balaban J connectivity index is 0.00000180. The van der Waals surface area contributed by atoms with Crippen molar-refractivity contribution in [3.63, 3.8) is 0 Å². The number of fused-ring (bicyclic) bond motifs is 1. The Labute approximate surface area is 121 Å². The van der Waals surface area contributed by atoms with Crippen LogP contribution in [-0.4, -0.2) is 7.11 Å². The number of hydrogen-bond donors (Lipinski definition) is 1. The number of rotatable bonds is 4. The highest BCUT2D eigenvalue weighted by Gasteiger charge is 2.09. The summed E-state index contributed by atoms with van der Waals surface area (Å²) in [5.41, 5.74) is 7.43. The zero-order valence-corrected chi connectivity index (χ0v) is 12.5. The van der Waals surface area contributed by atoms with Gasteiger partial charge >= 0.3 is 0 Å². The SMILES string of the molecule is COc1ccc2cc([C@@H](N)CC(C)C)ccc2c1.Cl. The monoisotopic (exact) mass is 279 g/mol. The first-order valence-corrected chi connectivity index (χ1v) is 6.43. The molecule has 2 N–H and O–H groups in total. The van der Waals surface area contributed by atoms with Gasteiger partial charge in [0.15, 0.2) is 0 Å². The second-order valence-electron chi connectivity index (χ2n) is 5.21. The van der Waals surface area contributed by atoms with Gasteiger partial charge in [-0.05, 0) is 46.9 Å². The van der Waals surface area contributed by atoms with E-state index in [9.17, 15) is 0 Å². The minimum atomic E-state index is 0. The Kier molecular flexibility index (Phi) is 5.64. The quantitative estimate of drug-likeness (QED) is 0.905. The van der Waals surface area contributed by atoms with Crippen LogP contribution in [-0.2, 0) is 0 Å². The molecule has 0 unspecified atom stereocenters. The topological polar surface area (TPSA) is 35.2 Å². The van der Waals surface area contributed by atoms with E-state index in [0.717, 1.165) is 12.2 Å². The van der Waals surface area contributed by atoms with Crippen LogP contribution in [0.5, 0.6) is 5.75 Å². The van der Waals surface area contributed by atoms with Crippen molar-refractivity contribution in [2.24, 2.45) is 11.7 Å². The van der Waals surface area contributed by atoms with Gasteiger partial charge in [-0.15, -0.1) is 12.4 Å². The van der Waals surface area contributed by atoms with Gasteiger partial charge in [-0.3, -0.25) is 0 Å². The molecule has 0 saturated carbocycles. The molecule has 2 nitrogen and oxygen atoms in total. The summed E-state index contributed by atoms with van der Waals surface area (Å²) >= 11 is 0. The van der Waals surface area contributed by atoms with Gasteiger partial charge in [0.2, 0.25) is 0 Å². The fraction of sp³-hybridized carbons (Fsp3) is 0.375. The van der Waals surface area contributed by atoms with Gasteiger partial charge in [-0.2, -0.15) is 0 Å². The van der Waals surface area contributed by atoms with Gasteiger partial charge in [-0.25, -0.2) is 0 Å². The summed E-state index contributed by atoms with van der Waals surface area (Å²) in [6.45, 7) is 4.40. The van der Waals surface area contributed by atoms with Crippen molar-refractivity contribution in [3.05, 3.63) is 42.0 Å². The van der Waals surface area contributed by atoms with Crippen LogP contribution in [0.15, 0.2) is 36.4 Å². The summed E-state index contributed by atoms with van der Waals surface area (Å²) in [6.07, 6.45) is 1.02. The van der Waals surface area contributed by atoms with E-state index < -0.39 is 0 Å². The predicted octanol–water partition coefficient (Wildman–Crippen LogP) is 4.32. The number of ether oxygens (including phenoxy) is 1. The molecule has 0 spiro atoms. The molecule has 2 rings (SSSR count). The van der Waals surface area contributed by atoms with E-state index in [4.69, 9.17) is 10.5 Å². The minimum absolute atomic E-state index is 0. The maximum Gasteiger partial charge on any atom is 0.119 e. The first-order valence-electron chi connectivity index (χ1n) is 6.43. The molecule has 2 aromatic carbocycles. The summed E-state index contributed by atoms with van der Waals surface area (Å²) in [5, 5.41) is 2.40. The van der Waals surface area contributed by atoms with E-state index in [0.29, 0.717) is 5.92 Å². The van der Waals surface area contributed by atoms with E-state index >= 15 is 0 Å². The molecule has 1 atom stereocenters. The minimum Gasteiger partial charge on any atom is -0.497 e. The van der Waals surface area contributed by atoms with Crippen LogP contribution in [0.3, 0.4) is 0 Å². The Morgan fingerprint density at radius 1 is 1.05 bits per heavy atom. The molecule has 0 amide bonds. The lowest BCUT2D eigenvalue weighted by Crippen LogP contribution is -2.12. The van der Waals surface area contributed by atoms with Crippen molar-refractivity contribution in [2.75, 3.05) is 7.11 Å². The average molecular weight is 280 g/mol. The Morgan fingerprint density at radius 2 is 1.68 bits per heavy atom. The number of nitrogens with two attached hydrogens (primary N) is 1. The Bertz CT molecular complexity index is 539. The maximum atomic E-state index is 6.22. The average Bonchev–Trinajstić information content (AvgIpc) is 2.36. The van der Waals surface area contributed by atoms with Crippen molar-refractivity contribution < 1.29 is 4.74 Å². The Morgan fingerprint density at radius 3 is 2.32 bits per heavy atom. The molecular formula is C16H22ClNO. The van der Waals surface area contributed by atoms with E-state index in [2.05, 4.69) is 38.1 Å². The van der Waals surface area contributed by atoms with Crippen molar-refractivity contribution in [3.8, 4) is 5.75 Å². The van der Waals surface area contributed by atoms with Crippen LogP contribution in [0.1, 0.15) is 31.9 Å². The van der Waals surface area contributed by atoms with Gasteiger partial charge < -0.3 is 10.5 Å². The highest BCUT2D eigenvalue weighted by molar-refractivity contribution is 5.85. The number of benzene rings is 2. The third kappa shape index (κ3) is 3.85. The molecule has 104 valence electrons. The van der Waals surface area contributed by atoms with Crippen LogP contribution in [0.4, 0.5) is 0 Å². The highest BCUT2D eigenvalue weighted by Crippen LogP contribution is 2.25. The van der Waals surface area contributed by atoms with E-state index in [1.54, 1.807) is 7.11 Å². The highest BCUT2D eigenvalue weighted by atomic mass is 35.5. The lowest BCUT2D eigenvalue weighted by Gasteiger charge is -2.15. The predicted molar refractivity (Wildman–Crippen MR) is 84.1 cm³/mol. The molecule has 0 aliphatic carbocycles. The molecule has 0 bridgehead atoms. The van der Waals surface area contributed by atoms with Crippen LogP contribution >= 0.6 is 12.4 Å². The lowest BCUT2D eigenvalue weighted by molar-refractivity contribution is 0.415. The molecule has 0 radical (unpaired) electrons. The van der Waals surface area contributed by atoms with Gasteiger partial charge in [0.1, 0.15) is 5.75 Å². The van der Waals surface area contributed by atoms with Crippen molar-refractivity contribution in [2.45, 2.75) is 26.3 Å². The van der Waals surface area contributed by atoms with Crippen LogP contribution in [0.25, 0.3) is 10.8 Å². The third-order valence-electron chi connectivity index (χ3n) is 3.22. The normalized spacial score (nSPS) is 12.3. The van der Waals surface area contributed by atoms with Crippen LogP contribution in [0.2, 0.25) is 0 Å². The molecule has 0 aromatic heterocycles. The summed E-state index contributed by atoms with van der Waals surface area (Å²) in [7, 11) is 1.69. The zero-order valence-electron chi connectivity index (χ0n) is 11.7. The summed E-state index contributed by atoms with van der Waals surface area (Å²) in [6, 6.07) is 12.7. The van der Waals surface area contributed by atoms with E-state index in [-0.39, 0.29) is 18.4 Å². The largest absolute Gasteiger partial charge is 0.497 e. The van der Waals surface area contributed by atoms with Gasteiger partial charge in [0, 0.05) is 6.04 Å². The second-order valence-corrected chi connectivity index (χ2v) is 5.21. The fourth-order valence-corrected chi connectivity index (χ4v) is 2.24. The molecular weight excluding hydrogens is 258 g/mol. The number of hydrogen-bond acceptors (Lipinski definition) is 2. The molecule has 0 fully saturated rings. The number of methoxy groups -OCH3 is 1. The fourth-order valence-electron chi connectivity index (χ4n) is 2.24. The van der Waals surface area contributed by atoms with Crippen molar-refractivity contribution >= 4 is 23.2 Å². The van der Waals surface area contributed by atoms with E-state index in [1.165, 1.54) is 16.3 Å².